The summed E-state index contributed by atoms with van der Waals surface area (Å²) in [6.07, 6.45) is 3.01. The van der Waals surface area contributed by atoms with Crippen LogP contribution >= 0.6 is 0 Å². The molecule has 0 saturated carbocycles. The van der Waals surface area contributed by atoms with E-state index in [1.165, 1.54) is 24.0 Å². The summed E-state index contributed by atoms with van der Waals surface area (Å²) in [6.45, 7) is 0.124. The Morgan fingerprint density at radius 1 is 1.52 bits per heavy atom. The molecule has 11 nitrogen and oxygen atoms in total. The Labute approximate surface area is 178 Å². The van der Waals surface area contributed by atoms with E-state index in [1.807, 2.05) is 6.08 Å². The molecule has 3 rings (SSSR count). The molecule has 0 bridgehead atoms. The molecule has 0 spiro atoms. The Morgan fingerprint density at radius 2 is 2.24 bits per heavy atom. The van der Waals surface area contributed by atoms with Gasteiger partial charge in [-0.3, -0.25) is 14.6 Å². The number of amides is 2. The minimum absolute atomic E-state index is 0.0300. The number of aromatic amines is 1. The molecule has 0 fully saturated rings. The molecule has 1 aliphatic rings. The van der Waals surface area contributed by atoms with Crippen molar-refractivity contribution in [3.63, 3.8) is 0 Å². The van der Waals surface area contributed by atoms with Crippen LogP contribution in [0.4, 0.5) is 19.4 Å². The van der Waals surface area contributed by atoms with Gasteiger partial charge in [-0.1, -0.05) is 0 Å². The number of carbonyl (C=O) groups is 2. The maximum atomic E-state index is 12.0. The number of aromatic nitrogens is 4. The normalized spacial score (nSPS) is 11.5. The van der Waals surface area contributed by atoms with Crippen molar-refractivity contribution in [2.75, 3.05) is 18.5 Å². The molecule has 0 atom stereocenters. The first-order chi connectivity index (χ1) is 13.8. The number of aryl methyl sites for hydroxylation is 1. The van der Waals surface area contributed by atoms with E-state index in [9.17, 15) is 18.4 Å². The molecular weight excluding hydrogens is 504 g/mol. The van der Waals surface area contributed by atoms with Crippen LogP contribution in [-0.4, -0.2) is 75.1 Å². The van der Waals surface area contributed by atoms with Gasteiger partial charge in [-0.25, -0.2) is 8.78 Å². The summed E-state index contributed by atoms with van der Waals surface area (Å²) in [7, 11) is 1.51. The molecule has 4 N–H and O–H groups in total. The van der Waals surface area contributed by atoms with Crippen LogP contribution in [-0.2, 0) is 14.8 Å². The molecule has 2 radical (unpaired) electrons. The number of hydrogen-bond donors (Lipinski definition) is 3. The van der Waals surface area contributed by atoms with E-state index in [4.69, 9.17) is 9.47 Å². The number of primary amides is 1. The van der Waals surface area contributed by atoms with Gasteiger partial charge in [0.1, 0.15) is 11.5 Å². The number of nitrogens with one attached hydrogen (secondary N) is 2. The van der Waals surface area contributed by atoms with Crippen LogP contribution < -0.4 is 15.8 Å². The molecule has 14 heteroatoms. The summed E-state index contributed by atoms with van der Waals surface area (Å²) in [5.41, 5.74) is 4.62. The van der Waals surface area contributed by atoms with Gasteiger partial charge in [-0.2, -0.15) is 5.10 Å². The van der Waals surface area contributed by atoms with Gasteiger partial charge in [-0.05, 0) is 6.08 Å². The monoisotopic (exact) mass is 522 g/mol. The van der Waals surface area contributed by atoms with Crippen LogP contribution in [0.2, 0.25) is 0 Å². The van der Waals surface area contributed by atoms with Gasteiger partial charge < -0.3 is 14.8 Å². The van der Waals surface area contributed by atoms with E-state index >= 15 is 0 Å². The maximum absolute atomic E-state index is 12.0. The first-order valence-electron chi connectivity index (χ1n) is 7.96. The fourth-order valence-electron chi connectivity index (χ4n) is 1.72. The number of nitrogens with two attached hydrogens (primary N) is 1. The minimum atomic E-state index is -2.59. The third-order valence-electron chi connectivity index (χ3n) is 2.88. The molecule has 2 amide bonds. The van der Waals surface area contributed by atoms with Gasteiger partial charge in [0.25, 0.3) is 12.3 Å². The third kappa shape index (κ3) is 10.3. The van der Waals surface area contributed by atoms with Crippen molar-refractivity contribution in [1.82, 2.24) is 20.0 Å². The van der Waals surface area contributed by atoms with E-state index < -0.39 is 25.0 Å². The van der Waals surface area contributed by atoms with Gasteiger partial charge in [0.2, 0.25) is 5.88 Å². The average molecular weight is 523 g/mol. The summed E-state index contributed by atoms with van der Waals surface area (Å²) in [5, 5.41) is 12.6. The number of carbonyl (C=O) groups excluding carboxylic acids is 2. The van der Waals surface area contributed by atoms with E-state index in [0.717, 1.165) is 36.5 Å². The Hall–Kier alpha value is -2.82. The number of anilines is 1. The van der Waals surface area contributed by atoms with E-state index in [2.05, 4.69) is 29.4 Å². The molecule has 158 valence electrons. The fraction of sp³-hybridized carbons (Fsp3) is 0.333. The Balaban J connectivity index is 0.000000344. The number of halogens is 2. The molecule has 0 aromatic carbocycles. The second-order valence-electron chi connectivity index (χ2n) is 5.06. The summed E-state index contributed by atoms with van der Waals surface area (Å²) in [4.78, 5) is 21.2. The van der Waals surface area contributed by atoms with Crippen LogP contribution in [0, 0.1) is 0 Å². The van der Waals surface area contributed by atoms with Gasteiger partial charge in [-0.15, -0.1) is 5.10 Å². The first kappa shape index (κ1) is 24.2. The predicted molar refractivity (Wildman–Crippen MR) is 97.4 cm³/mol. The van der Waals surface area contributed by atoms with Crippen molar-refractivity contribution in [3.8, 4) is 5.88 Å². The summed E-state index contributed by atoms with van der Waals surface area (Å²) < 4.78 is 38.7. The van der Waals surface area contributed by atoms with Gasteiger partial charge in [0.15, 0.2) is 6.61 Å². The second-order valence-corrected chi connectivity index (χ2v) is 5.58. The third-order valence-corrected chi connectivity index (χ3v) is 3.39. The van der Waals surface area contributed by atoms with Crippen LogP contribution in [0.15, 0.2) is 30.7 Å². The second kappa shape index (κ2) is 13.4. The number of alkyl halides is 2. The van der Waals surface area contributed by atoms with Crippen LogP contribution in [0.25, 0.3) is 0 Å². The van der Waals surface area contributed by atoms with Crippen molar-refractivity contribution in [2.24, 2.45) is 12.8 Å². The van der Waals surface area contributed by atoms with E-state index in [0.29, 0.717) is 5.82 Å². The zero-order valence-electron chi connectivity index (χ0n) is 15.2. The molecule has 3 heterocycles. The van der Waals surface area contributed by atoms with Crippen molar-refractivity contribution in [1.29, 1.82) is 0 Å². The van der Waals surface area contributed by atoms with Crippen LogP contribution in [0.1, 0.15) is 16.9 Å². The quantitative estimate of drug-likeness (QED) is 0.498. The zero-order chi connectivity index (χ0) is 21.6. The van der Waals surface area contributed by atoms with Crippen LogP contribution in [0.5, 0.6) is 5.88 Å². The molecule has 2 aromatic rings. The van der Waals surface area contributed by atoms with Crippen molar-refractivity contribution in [3.05, 3.63) is 36.4 Å². The Morgan fingerprint density at radius 3 is 2.69 bits per heavy atom. The summed E-state index contributed by atoms with van der Waals surface area (Å²) >= 11 is 0.927. The predicted octanol–water partition coefficient (Wildman–Crippen LogP) is 1.12. The zero-order valence-corrected chi connectivity index (χ0v) is 17.8. The standard InChI is InChI=1S/C10H11F2N5O2.C4H6O.CH3NO2.Sb/c1-17-6(4-9(16-17)19-5-7(11)12)10(18)14-8-2-3-13-15-8;1-2-4-5-3-1;2-1(3)4;/h2-4,7H,5H2,1H3,(H2,13,14,15,18);1,3H,2,4H2;2H2,(H,3,4);/q;;;+1/p-1. The summed E-state index contributed by atoms with van der Waals surface area (Å²) in [5.74, 6) is -0.0649. The molecule has 29 heavy (non-hydrogen) atoms. The number of nitrogens with zero attached hydrogens (tertiary/aromatic N) is 3. The molecule has 1 aliphatic heterocycles. The van der Waals surface area contributed by atoms with Crippen molar-refractivity contribution in [2.45, 2.75) is 12.8 Å². The van der Waals surface area contributed by atoms with Crippen molar-refractivity contribution >= 4 is 41.3 Å². The van der Waals surface area contributed by atoms with Crippen molar-refractivity contribution < 1.29 is 30.9 Å². The van der Waals surface area contributed by atoms with E-state index in [1.54, 1.807) is 12.3 Å². The summed E-state index contributed by atoms with van der Waals surface area (Å²) in [6, 6.07) is 2.86. The molecule has 0 aliphatic carbocycles. The number of hydrogen-bond acceptors (Lipinski definition) is 7. The fourth-order valence-corrected chi connectivity index (χ4v) is 1.72. The molecule has 0 unspecified atom stereocenters. The Kier molecular flexibility index (Phi) is 11.2. The number of ether oxygens (including phenoxy) is 2. The number of rotatable bonds is 5. The SMILES string of the molecule is C1=COCC1.Cn1nc(OCC(F)F)cc1C(=O)Nc1ccn[nH]1.NC(=O)[O][Sb]. The molecular formula is C15H19F2N6O5Sb. The van der Waals surface area contributed by atoms with Gasteiger partial charge in [0.05, 0.1) is 19.1 Å². The molecule has 0 saturated heterocycles. The topological polar surface area (TPSA) is 146 Å². The average Bonchev–Trinajstić information content (AvgIpc) is 3.44. The Bertz CT molecular complexity index is 778. The van der Waals surface area contributed by atoms with E-state index in [-0.39, 0.29) is 11.6 Å². The molecule has 2 aromatic heterocycles. The van der Waals surface area contributed by atoms with Gasteiger partial charge >= 0.3 is 43.1 Å². The first-order valence-corrected chi connectivity index (χ1v) is 9.00. The number of H-pyrrole nitrogens is 1. The van der Waals surface area contributed by atoms with Gasteiger partial charge in [0, 0.05) is 25.6 Å². The van der Waals surface area contributed by atoms with Crippen LogP contribution in [0.3, 0.4) is 0 Å².